The van der Waals surface area contributed by atoms with Crippen LogP contribution in [-0.2, 0) is 0 Å². The molecule has 2 heterocycles. The molecule has 0 saturated heterocycles. The largest absolute Gasteiger partial charge is 0.334 e. The first kappa shape index (κ1) is 13.5. The highest BCUT2D eigenvalue weighted by atomic mass is 35.5. The van der Waals surface area contributed by atoms with Crippen LogP contribution in [0.15, 0.2) is 28.0 Å². The van der Waals surface area contributed by atoms with Gasteiger partial charge in [0.2, 0.25) is 0 Å². The van der Waals surface area contributed by atoms with Crippen LogP contribution >= 0.6 is 11.6 Å². The Kier molecular flexibility index (Phi) is 3.57. The second kappa shape index (κ2) is 5.01. The molecule has 2 aromatic rings. The van der Waals surface area contributed by atoms with E-state index >= 15 is 0 Å². The van der Waals surface area contributed by atoms with Gasteiger partial charge in [0.15, 0.2) is 0 Å². The quantitative estimate of drug-likeness (QED) is 0.855. The molecule has 0 fully saturated rings. The maximum atomic E-state index is 12.4. The molecule has 1 N–H and O–H groups in total. The number of nitrogens with one attached hydrogen (secondary N) is 1. The van der Waals surface area contributed by atoms with Gasteiger partial charge in [0.1, 0.15) is 5.15 Å². The number of aromatic amines is 1. The highest BCUT2D eigenvalue weighted by Gasteiger charge is 2.16. The van der Waals surface area contributed by atoms with E-state index < -0.39 is 11.2 Å². The predicted octanol–water partition coefficient (Wildman–Crippen LogP) is 2.01. The van der Waals surface area contributed by atoms with E-state index in [1.54, 1.807) is 12.3 Å². The van der Waals surface area contributed by atoms with Crippen LogP contribution in [0.2, 0.25) is 5.15 Å². The summed E-state index contributed by atoms with van der Waals surface area (Å²) in [6.45, 7) is 5.54. The van der Waals surface area contributed by atoms with Crippen molar-refractivity contribution in [2.75, 3.05) is 0 Å². The molecule has 0 bridgehead atoms. The molecule has 0 amide bonds. The Balaban J connectivity index is 2.82. The summed E-state index contributed by atoms with van der Waals surface area (Å²) in [5.41, 5.74) is 0.723. The number of nitrogens with zero attached hydrogens (tertiary/aromatic N) is 2. The molecule has 5 nitrogen and oxygen atoms in total. The molecule has 2 aromatic heterocycles. The third-order valence-electron chi connectivity index (χ3n) is 2.79. The fourth-order valence-electron chi connectivity index (χ4n) is 1.92. The van der Waals surface area contributed by atoms with Crippen LogP contribution < -0.4 is 11.2 Å². The lowest BCUT2D eigenvalue weighted by Crippen LogP contribution is -2.36. The van der Waals surface area contributed by atoms with E-state index in [4.69, 9.17) is 11.6 Å². The molecule has 19 heavy (non-hydrogen) atoms. The van der Waals surface area contributed by atoms with E-state index in [1.165, 1.54) is 6.20 Å². The summed E-state index contributed by atoms with van der Waals surface area (Å²) in [5, 5.41) is 0.0989. The molecule has 0 unspecified atom stereocenters. The Morgan fingerprint density at radius 1 is 1.32 bits per heavy atom. The average molecular weight is 280 g/mol. The van der Waals surface area contributed by atoms with E-state index in [2.05, 4.69) is 9.97 Å². The summed E-state index contributed by atoms with van der Waals surface area (Å²) in [6.07, 6.45) is 3.13. The minimum absolute atomic E-state index is 0.0825. The lowest BCUT2D eigenvalue weighted by molar-refractivity contribution is 0.775. The van der Waals surface area contributed by atoms with E-state index in [-0.39, 0.29) is 11.1 Å². The third kappa shape index (κ3) is 2.46. The van der Waals surface area contributed by atoms with Gasteiger partial charge >= 0.3 is 5.69 Å². The van der Waals surface area contributed by atoms with Crippen LogP contribution in [0.1, 0.15) is 30.9 Å². The number of rotatable bonds is 2. The molecular weight excluding hydrogens is 266 g/mol. The fourth-order valence-corrected chi connectivity index (χ4v) is 2.30. The summed E-state index contributed by atoms with van der Waals surface area (Å²) in [5.74, 6) is -0.0825. The molecule has 6 heteroatoms. The Morgan fingerprint density at radius 2 is 2.00 bits per heavy atom. The molecule has 0 aliphatic carbocycles. The van der Waals surface area contributed by atoms with E-state index in [0.29, 0.717) is 11.3 Å². The van der Waals surface area contributed by atoms with Gasteiger partial charge in [-0.2, -0.15) is 0 Å². The highest BCUT2D eigenvalue weighted by molar-refractivity contribution is 6.30. The minimum atomic E-state index is -0.563. The molecule has 0 saturated carbocycles. The zero-order valence-corrected chi connectivity index (χ0v) is 11.7. The fraction of sp³-hybridized carbons (Fsp3) is 0.308. The van der Waals surface area contributed by atoms with Crippen LogP contribution in [-0.4, -0.2) is 14.5 Å². The summed E-state index contributed by atoms with van der Waals surface area (Å²) < 4.78 is 1.06. The Hall–Kier alpha value is -1.88. The topological polar surface area (TPSA) is 67.8 Å². The zero-order chi connectivity index (χ0) is 14.2. The molecule has 0 spiro atoms. The Morgan fingerprint density at radius 3 is 2.58 bits per heavy atom. The van der Waals surface area contributed by atoms with Crippen molar-refractivity contribution in [2.45, 2.75) is 26.7 Å². The van der Waals surface area contributed by atoms with Gasteiger partial charge in [-0.3, -0.25) is 14.8 Å². The summed E-state index contributed by atoms with van der Waals surface area (Å²) in [4.78, 5) is 30.8. The van der Waals surface area contributed by atoms with Gasteiger partial charge in [0, 0.05) is 6.20 Å². The van der Waals surface area contributed by atoms with E-state index in [9.17, 15) is 9.59 Å². The number of hydrogen-bond donors (Lipinski definition) is 1. The summed E-state index contributed by atoms with van der Waals surface area (Å²) >= 11 is 5.94. The van der Waals surface area contributed by atoms with Crippen LogP contribution in [0.3, 0.4) is 0 Å². The molecular formula is C13H14ClN3O2. The van der Waals surface area contributed by atoms with Gasteiger partial charge in [0.25, 0.3) is 5.56 Å². The number of aromatic nitrogens is 3. The van der Waals surface area contributed by atoms with E-state index in [0.717, 1.165) is 10.1 Å². The Bertz CT molecular complexity index is 731. The van der Waals surface area contributed by atoms with Gasteiger partial charge in [-0.25, -0.2) is 9.36 Å². The first-order valence-corrected chi connectivity index (χ1v) is 6.26. The standard InChI is InChI=1S/C13H14ClN3O2/c1-7(2)10-11(14)16-13(19)17(12(10)18)9-4-8(3)5-15-6-9/h4-7H,1-3H3,(H,16,19). The number of aryl methyl sites for hydroxylation is 1. The third-order valence-corrected chi connectivity index (χ3v) is 3.08. The SMILES string of the molecule is Cc1cncc(-n2c(=O)[nH]c(Cl)c(C(C)C)c2=O)c1. The van der Waals surface area contributed by atoms with Gasteiger partial charge in [-0.05, 0) is 24.5 Å². The first-order chi connectivity index (χ1) is 8.91. The van der Waals surface area contributed by atoms with Crippen LogP contribution in [0.5, 0.6) is 0 Å². The molecule has 0 aliphatic rings. The van der Waals surface area contributed by atoms with Crippen molar-refractivity contribution in [1.82, 2.24) is 14.5 Å². The zero-order valence-electron chi connectivity index (χ0n) is 10.9. The van der Waals surface area contributed by atoms with Crippen molar-refractivity contribution in [1.29, 1.82) is 0 Å². The lowest BCUT2D eigenvalue weighted by atomic mass is 10.1. The monoisotopic (exact) mass is 279 g/mol. The first-order valence-electron chi connectivity index (χ1n) is 5.88. The Labute approximate surface area is 114 Å². The van der Waals surface area contributed by atoms with Gasteiger partial charge in [-0.15, -0.1) is 0 Å². The molecule has 0 aliphatic heterocycles. The van der Waals surface area contributed by atoms with Gasteiger partial charge in [-0.1, -0.05) is 25.4 Å². The van der Waals surface area contributed by atoms with Crippen molar-refractivity contribution < 1.29 is 0 Å². The second-order valence-electron chi connectivity index (χ2n) is 4.67. The number of pyridine rings is 1. The molecule has 2 rings (SSSR count). The number of H-pyrrole nitrogens is 1. The maximum absolute atomic E-state index is 12.4. The van der Waals surface area contributed by atoms with Crippen molar-refractivity contribution in [3.63, 3.8) is 0 Å². The van der Waals surface area contributed by atoms with E-state index in [1.807, 2.05) is 20.8 Å². The average Bonchev–Trinajstić information content (AvgIpc) is 2.27. The molecule has 0 atom stereocenters. The van der Waals surface area contributed by atoms with Crippen LogP contribution in [0, 0.1) is 6.92 Å². The summed E-state index contributed by atoms with van der Waals surface area (Å²) in [7, 11) is 0. The normalized spacial score (nSPS) is 11.0. The summed E-state index contributed by atoms with van der Waals surface area (Å²) in [6, 6.07) is 1.72. The molecule has 0 aromatic carbocycles. The van der Waals surface area contributed by atoms with Crippen molar-refractivity contribution in [3.8, 4) is 5.69 Å². The predicted molar refractivity (Wildman–Crippen MR) is 74.3 cm³/mol. The van der Waals surface area contributed by atoms with Crippen molar-refractivity contribution in [3.05, 3.63) is 55.6 Å². The smallest absolute Gasteiger partial charge is 0.297 e. The number of halogens is 1. The van der Waals surface area contributed by atoms with Gasteiger partial charge in [0.05, 0.1) is 17.4 Å². The lowest BCUT2D eigenvalue weighted by Gasteiger charge is -2.11. The van der Waals surface area contributed by atoms with Crippen LogP contribution in [0.25, 0.3) is 5.69 Å². The van der Waals surface area contributed by atoms with Crippen molar-refractivity contribution in [2.24, 2.45) is 0 Å². The van der Waals surface area contributed by atoms with Crippen LogP contribution in [0.4, 0.5) is 0 Å². The molecule has 0 radical (unpaired) electrons. The minimum Gasteiger partial charge on any atom is -0.297 e. The molecule has 100 valence electrons. The maximum Gasteiger partial charge on any atom is 0.334 e. The van der Waals surface area contributed by atoms with Crippen molar-refractivity contribution >= 4 is 11.6 Å². The highest BCUT2D eigenvalue weighted by Crippen LogP contribution is 2.17. The second-order valence-corrected chi connectivity index (χ2v) is 5.05. The van der Waals surface area contributed by atoms with Gasteiger partial charge < -0.3 is 0 Å². The number of hydrogen-bond acceptors (Lipinski definition) is 3.